The zero-order valence-corrected chi connectivity index (χ0v) is 9.38. The van der Waals surface area contributed by atoms with Crippen LogP contribution in [0.4, 0.5) is 0 Å². The average molecular weight is 222 g/mol. The highest BCUT2D eigenvalue weighted by molar-refractivity contribution is 7.80. The summed E-state index contributed by atoms with van der Waals surface area (Å²) in [4.78, 5) is 11.9. The molecule has 1 aromatic carbocycles. The number of thiocarbonyl (C=S) groups is 1. The normalized spacial score (nSPS) is 11.8. The van der Waals surface area contributed by atoms with E-state index in [1.54, 1.807) is 0 Å². The molecule has 0 heterocycles. The minimum atomic E-state index is -0.180. The number of hydrogen-bond donors (Lipinski definition) is 2. The van der Waals surface area contributed by atoms with Crippen molar-refractivity contribution in [1.82, 2.24) is 5.32 Å². The van der Waals surface area contributed by atoms with Crippen molar-refractivity contribution in [2.24, 2.45) is 5.73 Å². The molecule has 0 aliphatic heterocycles. The van der Waals surface area contributed by atoms with Crippen LogP contribution in [0.1, 0.15) is 18.4 Å². The van der Waals surface area contributed by atoms with Crippen LogP contribution >= 0.6 is 12.2 Å². The Morgan fingerprint density at radius 2 is 2.07 bits per heavy atom. The van der Waals surface area contributed by atoms with E-state index in [9.17, 15) is 4.79 Å². The molecular weight excluding hydrogens is 208 g/mol. The van der Waals surface area contributed by atoms with Crippen molar-refractivity contribution < 1.29 is 4.79 Å². The van der Waals surface area contributed by atoms with Crippen LogP contribution in [0.15, 0.2) is 30.3 Å². The minimum absolute atomic E-state index is 0.0611. The van der Waals surface area contributed by atoms with Crippen molar-refractivity contribution in [3.8, 4) is 0 Å². The first-order valence-electron chi connectivity index (χ1n) is 4.72. The van der Waals surface area contributed by atoms with Gasteiger partial charge < -0.3 is 11.1 Å². The van der Waals surface area contributed by atoms with Crippen molar-refractivity contribution in [3.63, 3.8) is 0 Å². The first kappa shape index (κ1) is 11.7. The van der Waals surface area contributed by atoms with E-state index in [1.807, 2.05) is 37.3 Å². The van der Waals surface area contributed by atoms with Gasteiger partial charge in [0.2, 0.25) is 5.91 Å². The highest BCUT2D eigenvalue weighted by Crippen LogP contribution is 2.13. The van der Waals surface area contributed by atoms with Gasteiger partial charge in [-0.2, -0.15) is 0 Å². The van der Waals surface area contributed by atoms with Crippen molar-refractivity contribution in [2.75, 3.05) is 6.54 Å². The quantitative estimate of drug-likeness (QED) is 0.752. The minimum Gasteiger partial charge on any atom is -0.392 e. The molecule has 1 rings (SSSR count). The highest BCUT2D eigenvalue weighted by Gasteiger charge is 2.13. The number of carbonyl (C=O) groups is 1. The largest absolute Gasteiger partial charge is 0.392 e. The molecule has 0 radical (unpaired) electrons. The molecule has 3 N–H and O–H groups in total. The van der Waals surface area contributed by atoms with Gasteiger partial charge in [-0.1, -0.05) is 42.5 Å². The van der Waals surface area contributed by atoms with Crippen molar-refractivity contribution in [3.05, 3.63) is 35.9 Å². The maximum absolute atomic E-state index is 11.6. The molecule has 0 saturated heterocycles. The number of hydrogen-bond acceptors (Lipinski definition) is 2. The second-order valence-corrected chi connectivity index (χ2v) is 3.84. The van der Waals surface area contributed by atoms with Crippen LogP contribution in [-0.2, 0) is 4.79 Å². The highest BCUT2D eigenvalue weighted by atomic mass is 32.1. The molecule has 1 unspecified atom stereocenters. The maximum atomic E-state index is 11.6. The van der Waals surface area contributed by atoms with E-state index in [0.717, 1.165) is 5.56 Å². The smallest absolute Gasteiger partial charge is 0.227 e. The Morgan fingerprint density at radius 3 is 2.60 bits per heavy atom. The zero-order valence-electron chi connectivity index (χ0n) is 8.57. The Balaban J connectivity index is 2.57. The standard InChI is InChI=1S/C11H14N2OS/c1-8(9-5-3-2-4-6-9)11(14)13-7-10(12)15/h2-6,8H,7H2,1H3,(H2,12,15)(H,13,14). The molecule has 1 aromatic rings. The predicted octanol–water partition coefficient (Wildman–Crippen LogP) is 1.19. The summed E-state index contributed by atoms with van der Waals surface area (Å²) in [6.07, 6.45) is 0. The fourth-order valence-corrected chi connectivity index (χ4v) is 1.29. The van der Waals surface area contributed by atoms with Gasteiger partial charge in [0, 0.05) is 0 Å². The molecule has 1 amide bonds. The summed E-state index contributed by atoms with van der Waals surface area (Å²) in [5.74, 6) is -0.241. The van der Waals surface area contributed by atoms with Gasteiger partial charge in [-0.05, 0) is 12.5 Å². The fourth-order valence-electron chi connectivity index (χ4n) is 1.22. The molecule has 0 aromatic heterocycles. The van der Waals surface area contributed by atoms with Crippen LogP contribution in [0.3, 0.4) is 0 Å². The summed E-state index contributed by atoms with van der Waals surface area (Å²) in [6, 6.07) is 9.58. The Bertz CT molecular complexity index is 351. The maximum Gasteiger partial charge on any atom is 0.227 e. The average Bonchev–Trinajstić information content (AvgIpc) is 2.26. The molecule has 0 aliphatic rings. The van der Waals surface area contributed by atoms with Crippen LogP contribution in [0.2, 0.25) is 0 Å². The van der Waals surface area contributed by atoms with Gasteiger partial charge in [-0.3, -0.25) is 4.79 Å². The van der Waals surface area contributed by atoms with E-state index >= 15 is 0 Å². The van der Waals surface area contributed by atoms with Crippen LogP contribution < -0.4 is 11.1 Å². The lowest BCUT2D eigenvalue weighted by Gasteiger charge is -2.11. The monoisotopic (exact) mass is 222 g/mol. The van der Waals surface area contributed by atoms with Gasteiger partial charge in [0.05, 0.1) is 17.5 Å². The van der Waals surface area contributed by atoms with Gasteiger partial charge in [0.15, 0.2) is 0 Å². The molecule has 0 bridgehead atoms. The summed E-state index contributed by atoms with van der Waals surface area (Å²) >= 11 is 4.68. The van der Waals surface area contributed by atoms with Crippen LogP contribution in [0, 0.1) is 0 Å². The molecular formula is C11H14N2OS. The predicted molar refractivity (Wildman–Crippen MR) is 64.7 cm³/mol. The lowest BCUT2D eigenvalue weighted by atomic mass is 10.0. The van der Waals surface area contributed by atoms with E-state index in [4.69, 9.17) is 5.73 Å². The van der Waals surface area contributed by atoms with Gasteiger partial charge in [-0.15, -0.1) is 0 Å². The molecule has 0 aliphatic carbocycles. The SMILES string of the molecule is CC(C(=O)NCC(N)=S)c1ccccc1. The number of rotatable bonds is 4. The topological polar surface area (TPSA) is 55.1 Å². The first-order chi connectivity index (χ1) is 7.11. The van der Waals surface area contributed by atoms with Crippen molar-refractivity contribution in [1.29, 1.82) is 0 Å². The van der Waals surface area contributed by atoms with E-state index in [0.29, 0.717) is 4.99 Å². The number of amides is 1. The number of carbonyl (C=O) groups excluding carboxylic acids is 1. The number of benzene rings is 1. The Kier molecular flexibility index (Phi) is 4.24. The molecule has 3 nitrogen and oxygen atoms in total. The Hall–Kier alpha value is -1.42. The zero-order chi connectivity index (χ0) is 11.3. The third-order valence-corrected chi connectivity index (χ3v) is 2.27. The van der Waals surface area contributed by atoms with Gasteiger partial charge in [0.25, 0.3) is 0 Å². The second kappa shape index (κ2) is 5.46. The van der Waals surface area contributed by atoms with Crippen molar-refractivity contribution >= 4 is 23.1 Å². The third kappa shape index (κ3) is 3.67. The van der Waals surface area contributed by atoms with E-state index in [1.165, 1.54) is 0 Å². The first-order valence-corrected chi connectivity index (χ1v) is 5.13. The van der Waals surface area contributed by atoms with Crippen LogP contribution in [0.5, 0.6) is 0 Å². The van der Waals surface area contributed by atoms with E-state index in [-0.39, 0.29) is 18.4 Å². The molecule has 0 spiro atoms. The Labute approximate surface area is 94.7 Å². The van der Waals surface area contributed by atoms with Crippen LogP contribution in [-0.4, -0.2) is 17.4 Å². The lowest BCUT2D eigenvalue weighted by Crippen LogP contribution is -2.34. The third-order valence-electron chi connectivity index (χ3n) is 2.13. The fraction of sp³-hybridized carbons (Fsp3) is 0.273. The molecule has 80 valence electrons. The summed E-state index contributed by atoms with van der Waals surface area (Å²) in [5, 5.41) is 2.68. The second-order valence-electron chi connectivity index (χ2n) is 3.32. The lowest BCUT2D eigenvalue weighted by molar-refractivity contribution is -0.121. The number of nitrogens with two attached hydrogens (primary N) is 1. The number of nitrogens with one attached hydrogen (secondary N) is 1. The van der Waals surface area contributed by atoms with Crippen LogP contribution in [0.25, 0.3) is 0 Å². The molecule has 0 saturated carbocycles. The van der Waals surface area contributed by atoms with E-state index < -0.39 is 0 Å². The van der Waals surface area contributed by atoms with Gasteiger partial charge in [-0.25, -0.2) is 0 Å². The molecule has 1 atom stereocenters. The Morgan fingerprint density at radius 1 is 1.47 bits per heavy atom. The molecule has 15 heavy (non-hydrogen) atoms. The van der Waals surface area contributed by atoms with Crippen molar-refractivity contribution in [2.45, 2.75) is 12.8 Å². The van der Waals surface area contributed by atoms with E-state index in [2.05, 4.69) is 17.5 Å². The summed E-state index contributed by atoms with van der Waals surface area (Å²) in [6.45, 7) is 2.11. The summed E-state index contributed by atoms with van der Waals surface area (Å²) in [7, 11) is 0. The molecule has 0 fully saturated rings. The van der Waals surface area contributed by atoms with Gasteiger partial charge >= 0.3 is 0 Å². The summed E-state index contributed by atoms with van der Waals surface area (Å²) in [5.41, 5.74) is 6.28. The molecule has 4 heteroatoms. The summed E-state index contributed by atoms with van der Waals surface area (Å²) < 4.78 is 0. The van der Waals surface area contributed by atoms with Gasteiger partial charge in [0.1, 0.15) is 0 Å².